The highest BCUT2D eigenvalue weighted by Crippen LogP contribution is 2.34. The third-order valence-corrected chi connectivity index (χ3v) is 6.43. The predicted octanol–water partition coefficient (Wildman–Crippen LogP) is 5.87. The van der Waals surface area contributed by atoms with E-state index in [1.807, 2.05) is 12.1 Å². The summed E-state index contributed by atoms with van der Waals surface area (Å²) in [6, 6.07) is 16.0. The van der Waals surface area contributed by atoms with E-state index in [1.165, 1.54) is 22.0 Å². The van der Waals surface area contributed by atoms with E-state index in [0.717, 1.165) is 43.9 Å². The number of aryl methyl sites for hydroxylation is 3. The number of fused-ring (bicyclic) bond motifs is 3. The van der Waals surface area contributed by atoms with Gasteiger partial charge in [-0.15, -0.1) is 0 Å². The molecule has 2 heterocycles. The number of benzene rings is 2. The molecule has 0 saturated carbocycles. The second kappa shape index (κ2) is 7.69. The fourth-order valence-electron chi connectivity index (χ4n) is 4.49. The van der Waals surface area contributed by atoms with E-state index in [0.29, 0.717) is 6.04 Å². The Bertz CT molecular complexity index is 939. The van der Waals surface area contributed by atoms with E-state index in [-0.39, 0.29) is 0 Å². The molecule has 4 rings (SSSR count). The molecular weight excluding hydrogens is 352 g/mol. The quantitative estimate of drug-likeness (QED) is 0.537. The van der Waals surface area contributed by atoms with Gasteiger partial charge in [-0.1, -0.05) is 43.6 Å². The molecule has 1 aliphatic heterocycles. The van der Waals surface area contributed by atoms with Crippen LogP contribution >= 0.6 is 11.6 Å². The van der Waals surface area contributed by atoms with Crippen LogP contribution in [0.3, 0.4) is 0 Å². The lowest BCUT2D eigenvalue weighted by Gasteiger charge is -2.33. The number of nitrogens with zero attached hydrogens (tertiary/aromatic N) is 2. The van der Waals surface area contributed by atoms with Crippen molar-refractivity contribution < 1.29 is 0 Å². The van der Waals surface area contributed by atoms with Gasteiger partial charge in [0.2, 0.25) is 0 Å². The number of likely N-dealkylation sites (N-methyl/N-ethyl adjacent to an activating group) is 1. The zero-order valence-corrected chi connectivity index (χ0v) is 17.4. The van der Waals surface area contributed by atoms with Crippen molar-refractivity contribution in [2.75, 3.05) is 6.54 Å². The van der Waals surface area contributed by atoms with Gasteiger partial charge in [-0.3, -0.25) is 4.90 Å². The number of rotatable bonds is 5. The second-order valence-electron chi connectivity index (χ2n) is 7.77. The lowest BCUT2D eigenvalue weighted by molar-refractivity contribution is 0.192. The largest absolute Gasteiger partial charge is 0.344 e. The minimum absolute atomic E-state index is 0.603. The van der Waals surface area contributed by atoms with Crippen molar-refractivity contribution in [3.63, 3.8) is 0 Å². The van der Waals surface area contributed by atoms with Crippen LogP contribution in [0.15, 0.2) is 42.5 Å². The summed E-state index contributed by atoms with van der Waals surface area (Å²) in [5.41, 5.74) is 7.28. The zero-order valence-electron chi connectivity index (χ0n) is 16.6. The van der Waals surface area contributed by atoms with Gasteiger partial charge in [0.1, 0.15) is 0 Å². The molecule has 0 aliphatic carbocycles. The minimum atomic E-state index is 0.603. The van der Waals surface area contributed by atoms with Crippen LogP contribution in [0.1, 0.15) is 43.2 Å². The topological polar surface area (TPSA) is 8.17 Å². The Morgan fingerprint density at radius 3 is 2.48 bits per heavy atom. The SMILES string of the molecule is CCc1ccc2c(c1)c1c(n2CCc2ccc(Cl)cc2)CC(C)N(CC)C1. The van der Waals surface area contributed by atoms with E-state index in [1.54, 1.807) is 11.3 Å². The van der Waals surface area contributed by atoms with Crippen molar-refractivity contribution in [3.8, 4) is 0 Å². The molecule has 2 nitrogen and oxygen atoms in total. The molecule has 0 fully saturated rings. The number of hydrogen-bond acceptors (Lipinski definition) is 1. The van der Waals surface area contributed by atoms with E-state index < -0.39 is 0 Å². The van der Waals surface area contributed by atoms with E-state index >= 15 is 0 Å². The van der Waals surface area contributed by atoms with Crippen LogP contribution < -0.4 is 0 Å². The maximum atomic E-state index is 6.05. The van der Waals surface area contributed by atoms with Gasteiger partial charge in [-0.25, -0.2) is 0 Å². The molecule has 1 unspecified atom stereocenters. The summed E-state index contributed by atoms with van der Waals surface area (Å²) in [7, 11) is 0. The van der Waals surface area contributed by atoms with Gasteiger partial charge in [-0.05, 0) is 67.3 Å². The Balaban J connectivity index is 1.75. The first-order valence-electron chi connectivity index (χ1n) is 10.2. The molecule has 2 aromatic carbocycles. The first-order chi connectivity index (χ1) is 13.1. The van der Waals surface area contributed by atoms with E-state index in [4.69, 9.17) is 11.6 Å². The predicted molar refractivity (Wildman–Crippen MR) is 116 cm³/mol. The number of aromatic nitrogens is 1. The maximum Gasteiger partial charge on any atom is 0.0486 e. The first-order valence-corrected chi connectivity index (χ1v) is 10.6. The van der Waals surface area contributed by atoms with Crippen molar-refractivity contribution in [1.82, 2.24) is 9.47 Å². The second-order valence-corrected chi connectivity index (χ2v) is 8.21. The molecule has 0 radical (unpaired) electrons. The summed E-state index contributed by atoms with van der Waals surface area (Å²) in [5.74, 6) is 0. The van der Waals surface area contributed by atoms with E-state index in [9.17, 15) is 0 Å². The van der Waals surface area contributed by atoms with Crippen LogP contribution in [-0.2, 0) is 32.4 Å². The molecule has 1 atom stereocenters. The normalized spacial score (nSPS) is 17.4. The van der Waals surface area contributed by atoms with Gasteiger partial charge in [-0.2, -0.15) is 0 Å². The highest BCUT2D eigenvalue weighted by Gasteiger charge is 2.27. The van der Waals surface area contributed by atoms with Gasteiger partial charge >= 0.3 is 0 Å². The summed E-state index contributed by atoms with van der Waals surface area (Å²) in [5, 5.41) is 2.27. The third kappa shape index (κ3) is 3.53. The molecular formula is C24H29ClN2. The third-order valence-electron chi connectivity index (χ3n) is 6.18. The standard InChI is InChI=1S/C24H29ClN2/c1-4-18-8-11-23-21(15-18)22-16-26(5-2)17(3)14-24(22)27(23)13-12-19-6-9-20(25)10-7-19/h6-11,15,17H,4-5,12-14,16H2,1-3H3. The van der Waals surface area contributed by atoms with Crippen LogP contribution in [0.2, 0.25) is 5.02 Å². The van der Waals surface area contributed by atoms with Crippen molar-refractivity contribution in [2.45, 2.75) is 59.2 Å². The Hall–Kier alpha value is -1.77. The molecule has 0 bridgehead atoms. The van der Waals surface area contributed by atoms with Crippen molar-refractivity contribution >= 4 is 22.5 Å². The van der Waals surface area contributed by atoms with Crippen LogP contribution in [0.5, 0.6) is 0 Å². The Morgan fingerprint density at radius 2 is 1.78 bits per heavy atom. The number of hydrogen-bond donors (Lipinski definition) is 0. The molecule has 0 saturated heterocycles. The highest BCUT2D eigenvalue weighted by molar-refractivity contribution is 6.30. The van der Waals surface area contributed by atoms with Crippen LogP contribution in [0, 0.1) is 0 Å². The summed E-state index contributed by atoms with van der Waals surface area (Å²) in [6.45, 7) is 10.1. The molecule has 0 N–H and O–H groups in total. The van der Waals surface area contributed by atoms with Crippen LogP contribution in [0.4, 0.5) is 0 Å². The van der Waals surface area contributed by atoms with Crippen molar-refractivity contribution in [2.24, 2.45) is 0 Å². The summed E-state index contributed by atoms with van der Waals surface area (Å²) < 4.78 is 2.59. The molecule has 3 aromatic rings. The summed E-state index contributed by atoms with van der Waals surface area (Å²) >= 11 is 6.05. The monoisotopic (exact) mass is 380 g/mol. The summed E-state index contributed by atoms with van der Waals surface area (Å²) in [6.07, 6.45) is 3.27. The molecule has 0 amide bonds. The lowest BCUT2D eigenvalue weighted by Crippen LogP contribution is -2.38. The molecule has 1 aromatic heterocycles. The van der Waals surface area contributed by atoms with Crippen LogP contribution in [-0.4, -0.2) is 22.1 Å². The van der Waals surface area contributed by atoms with Crippen molar-refractivity contribution in [3.05, 3.63) is 69.9 Å². The smallest absolute Gasteiger partial charge is 0.0486 e. The highest BCUT2D eigenvalue weighted by atomic mass is 35.5. The van der Waals surface area contributed by atoms with Gasteiger partial charge < -0.3 is 4.57 Å². The minimum Gasteiger partial charge on any atom is -0.344 e. The Morgan fingerprint density at radius 1 is 1.04 bits per heavy atom. The average molecular weight is 381 g/mol. The molecule has 27 heavy (non-hydrogen) atoms. The molecule has 0 spiro atoms. The molecule has 1 aliphatic rings. The maximum absolute atomic E-state index is 6.05. The zero-order chi connectivity index (χ0) is 19.0. The van der Waals surface area contributed by atoms with Gasteiger partial charge in [0.25, 0.3) is 0 Å². The number of halogens is 1. The summed E-state index contributed by atoms with van der Waals surface area (Å²) in [4.78, 5) is 2.60. The Labute approximate surface area is 167 Å². The van der Waals surface area contributed by atoms with E-state index in [2.05, 4.69) is 60.6 Å². The molecule has 142 valence electrons. The Kier molecular flexibility index (Phi) is 5.29. The van der Waals surface area contributed by atoms with Gasteiger partial charge in [0.15, 0.2) is 0 Å². The van der Waals surface area contributed by atoms with Gasteiger partial charge in [0.05, 0.1) is 0 Å². The molecule has 3 heteroatoms. The van der Waals surface area contributed by atoms with Crippen molar-refractivity contribution in [1.29, 1.82) is 0 Å². The first kappa shape index (κ1) is 18.6. The van der Waals surface area contributed by atoms with Crippen LogP contribution in [0.25, 0.3) is 10.9 Å². The fourth-order valence-corrected chi connectivity index (χ4v) is 4.62. The fraction of sp³-hybridized carbons (Fsp3) is 0.417. The lowest BCUT2D eigenvalue weighted by atomic mass is 9.98. The average Bonchev–Trinajstić information content (AvgIpc) is 2.98. The van der Waals surface area contributed by atoms with Gasteiger partial charge in [0, 0.05) is 47.2 Å².